The van der Waals surface area contributed by atoms with Gasteiger partial charge < -0.3 is 5.32 Å². The third-order valence-corrected chi connectivity index (χ3v) is 4.60. The van der Waals surface area contributed by atoms with Crippen LogP contribution in [0.2, 0.25) is 0 Å². The number of nitrogens with zero attached hydrogens (tertiary/aromatic N) is 2. The van der Waals surface area contributed by atoms with E-state index in [-0.39, 0.29) is 17.5 Å². The molecule has 0 radical (unpaired) electrons. The van der Waals surface area contributed by atoms with Crippen molar-refractivity contribution in [3.63, 3.8) is 0 Å². The van der Waals surface area contributed by atoms with Crippen LogP contribution in [0.15, 0.2) is 59.4 Å². The van der Waals surface area contributed by atoms with E-state index in [9.17, 15) is 9.59 Å². The van der Waals surface area contributed by atoms with Crippen molar-refractivity contribution in [2.45, 2.75) is 45.7 Å². The van der Waals surface area contributed by atoms with Gasteiger partial charge in [0.2, 0.25) is 0 Å². The van der Waals surface area contributed by atoms with Crippen LogP contribution in [0.4, 0.5) is 0 Å². The van der Waals surface area contributed by atoms with E-state index in [1.165, 1.54) is 4.68 Å². The largest absolute Gasteiger partial charge is 0.344 e. The van der Waals surface area contributed by atoms with Crippen LogP contribution in [0.5, 0.6) is 0 Å². The first kappa shape index (κ1) is 18.8. The van der Waals surface area contributed by atoms with Crippen molar-refractivity contribution in [2.24, 2.45) is 0 Å². The van der Waals surface area contributed by atoms with Crippen LogP contribution in [0.25, 0.3) is 10.8 Å². The summed E-state index contributed by atoms with van der Waals surface area (Å²) in [6.07, 6.45) is 2.56. The number of hydrogen-bond acceptors (Lipinski definition) is 3. The summed E-state index contributed by atoms with van der Waals surface area (Å²) < 4.78 is 1.40. The van der Waals surface area contributed by atoms with Crippen LogP contribution in [-0.4, -0.2) is 15.7 Å². The first-order valence-electron chi connectivity index (χ1n) is 9.51. The molecule has 27 heavy (non-hydrogen) atoms. The van der Waals surface area contributed by atoms with Crippen LogP contribution in [0.1, 0.15) is 55.2 Å². The molecule has 2 aromatic carbocycles. The molecular weight excluding hydrogens is 338 g/mol. The number of aryl methyl sites for hydroxylation is 1. The van der Waals surface area contributed by atoms with Crippen molar-refractivity contribution in [3.8, 4) is 0 Å². The van der Waals surface area contributed by atoms with E-state index in [0.717, 1.165) is 24.8 Å². The van der Waals surface area contributed by atoms with Gasteiger partial charge in [-0.2, -0.15) is 5.10 Å². The molecule has 0 saturated carbocycles. The molecule has 5 heteroatoms. The van der Waals surface area contributed by atoms with Gasteiger partial charge in [0.25, 0.3) is 11.5 Å². The summed E-state index contributed by atoms with van der Waals surface area (Å²) in [5, 5.41) is 8.62. The highest BCUT2D eigenvalue weighted by molar-refractivity contribution is 6.04. The Morgan fingerprint density at radius 2 is 1.67 bits per heavy atom. The van der Waals surface area contributed by atoms with Gasteiger partial charge in [0.1, 0.15) is 0 Å². The highest BCUT2D eigenvalue weighted by Gasteiger charge is 2.20. The molecule has 0 aliphatic heterocycles. The molecule has 1 aromatic heterocycles. The van der Waals surface area contributed by atoms with Crippen molar-refractivity contribution >= 4 is 16.7 Å². The zero-order valence-corrected chi connectivity index (χ0v) is 15.8. The number of fused-ring (bicyclic) bond motifs is 1. The molecule has 0 aliphatic rings. The standard InChI is InChI=1S/C22H25N3O2/c1-3-10-19(16-11-6-5-7-12-16)23-21(26)20-17-13-8-9-14-18(17)22(27)25(24-20)15-4-2/h5-9,11-14,19H,3-4,10,15H2,1-2H3,(H,23,26). The zero-order valence-electron chi connectivity index (χ0n) is 15.8. The fourth-order valence-electron chi connectivity index (χ4n) is 3.29. The number of nitrogens with one attached hydrogen (secondary N) is 1. The first-order valence-corrected chi connectivity index (χ1v) is 9.51. The number of hydrogen-bond donors (Lipinski definition) is 1. The van der Waals surface area contributed by atoms with Gasteiger partial charge in [-0.3, -0.25) is 9.59 Å². The Morgan fingerprint density at radius 3 is 2.33 bits per heavy atom. The molecule has 1 amide bonds. The van der Waals surface area contributed by atoms with Crippen molar-refractivity contribution in [1.29, 1.82) is 0 Å². The van der Waals surface area contributed by atoms with Crippen molar-refractivity contribution in [2.75, 3.05) is 0 Å². The summed E-state index contributed by atoms with van der Waals surface area (Å²) >= 11 is 0. The molecule has 1 heterocycles. The molecule has 0 aliphatic carbocycles. The second-order valence-electron chi connectivity index (χ2n) is 6.65. The number of amides is 1. The summed E-state index contributed by atoms with van der Waals surface area (Å²) in [6.45, 7) is 4.56. The molecule has 140 valence electrons. The van der Waals surface area contributed by atoms with Crippen LogP contribution in [0.3, 0.4) is 0 Å². The Hall–Kier alpha value is -2.95. The number of aromatic nitrogens is 2. The minimum absolute atomic E-state index is 0.0872. The average molecular weight is 363 g/mol. The quantitative estimate of drug-likeness (QED) is 0.688. The highest BCUT2D eigenvalue weighted by Crippen LogP contribution is 2.20. The number of carbonyl (C=O) groups is 1. The van der Waals surface area contributed by atoms with E-state index in [1.807, 2.05) is 49.4 Å². The molecule has 1 N–H and O–H groups in total. The van der Waals surface area contributed by atoms with Crippen LogP contribution < -0.4 is 10.9 Å². The fraction of sp³-hybridized carbons (Fsp3) is 0.318. The first-order chi connectivity index (χ1) is 13.2. The van der Waals surface area contributed by atoms with Crippen molar-refractivity contribution < 1.29 is 4.79 Å². The van der Waals surface area contributed by atoms with Gasteiger partial charge >= 0.3 is 0 Å². The highest BCUT2D eigenvalue weighted by atomic mass is 16.2. The minimum atomic E-state index is -0.252. The maximum absolute atomic E-state index is 13.1. The van der Waals surface area contributed by atoms with E-state index >= 15 is 0 Å². The minimum Gasteiger partial charge on any atom is -0.344 e. The summed E-state index contributed by atoms with van der Waals surface area (Å²) in [6, 6.07) is 17.0. The maximum atomic E-state index is 13.1. The molecule has 1 atom stereocenters. The zero-order chi connectivity index (χ0) is 19.2. The summed E-state index contributed by atoms with van der Waals surface area (Å²) in [5.74, 6) is -0.252. The van der Waals surface area contributed by atoms with E-state index in [1.54, 1.807) is 12.1 Å². The topological polar surface area (TPSA) is 64.0 Å². The molecule has 0 saturated heterocycles. The fourth-order valence-corrected chi connectivity index (χ4v) is 3.29. The van der Waals surface area contributed by atoms with E-state index in [0.29, 0.717) is 23.0 Å². The lowest BCUT2D eigenvalue weighted by Gasteiger charge is -2.19. The lowest BCUT2D eigenvalue weighted by atomic mass is 10.0. The molecule has 3 aromatic rings. The van der Waals surface area contributed by atoms with Gasteiger partial charge in [-0.25, -0.2) is 4.68 Å². The Bertz CT molecular complexity index is 980. The Labute approximate surface area is 159 Å². The maximum Gasteiger partial charge on any atom is 0.274 e. The van der Waals surface area contributed by atoms with E-state index in [4.69, 9.17) is 0 Å². The Morgan fingerprint density at radius 1 is 1.00 bits per heavy atom. The van der Waals surface area contributed by atoms with Crippen molar-refractivity contribution in [3.05, 3.63) is 76.2 Å². The summed E-state index contributed by atoms with van der Waals surface area (Å²) in [4.78, 5) is 25.7. The average Bonchev–Trinajstić information content (AvgIpc) is 2.70. The van der Waals surface area contributed by atoms with E-state index in [2.05, 4.69) is 17.3 Å². The molecule has 3 rings (SSSR count). The van der Waals surface area contributed by atoms with Gasteiger partial charge in [0.05, 0.1) is 11.4 Å². The predicted molar refractivity (Wildman–Crippen MR) is 108 cm³/mol. The number of rotatable bonds is 7. The summed E-state index contributed by atoms with van der Waals surface area (Å²) in [7, 11) is 0. The Balaban J connectivity index is 2.01. The SMILES string of the molecule is CCCC(NC(=O)c1nn(CCC)c(=O)c2ccccc12)c1ccccc1. The van der Waals surface area contributed by atoms with Crippen molar-refractivity contribution in [1.82, 2.24) is 15.1 Å². The molecule has 5 nitrogen and oxygen atoms in total. The smallest absolute Gasteiger partial charge is 0.274 e. The lowest BCUT2D eigenvalue weighted by Crippen LogP contribution is -2.33. The summed E-state index contributed by atoms with van der Waals surface area (Å²) in [5.41, 5.74) is 1.21. The number of benzene rings is 2. The monoisotopic (exact) mass is 363 g/mol. The van der Waals surface area contributed by atoms with Gasteiger partial charge in [0, 0.05) is 11.9 Å². The third kappa shape index (κ3) is 4.08. The second kappa shape index (κ2) is 8.62. The molecular formula is C22H25N3O2. The normalized spacial score (nSPS) is 12.1. The molecule has 0 spiro atoms. The van der Waals surface area contributed by atoms with Gasteiger partial charge in [-0.1, -0.05) is 68.8 Å². The van der Waals surface area contributed by atoms with E-state index < -0.39 is 0 Å². The number of carbonyl (C=O) groups excluding carboxylic acids is 1. The van der Waals surface area contributed by atoms with Gasteiger partial charge in [-0.15, -0.1) is 0 Å². The molecule has 0 fully saturated rings. The van der Waals surface area contributed by atoms with Gasteiger partial charge in [-0.05, 0) is 24.5 Å². The Kier molecular flexibility index (Phi) is 6.01. The molecule has 0 bridgehead atoms. The predicted octanol–water partition coefficient (Wildman–Crippen LogP) is 4.08. The van der Waals surface area contributed by atoms with Crippen LogP contribution in [-0.2, 0) is 6.54 Å². The van der Waals surface area contributed by atoms with Crippen LogP contribution >= 0.6 is 0 Å². The lowest BCUT2D eigenvalue weighted by molar-refractivity contribution is 0.0929. The van der Waals surface area contributed by atoms with Crippen LogP contribution in [0, 0.1) is 0 Å². The third-order valence-electron chi connectivity index (χ3n) is 4.60. The second-order valence-corrected chi connectivity index (χ2v) is 6.65. The molecule has 1 unspecified atom stereocenters. The van der Waals surface area contributed by atoms with Gasteiger partial charge in [0.15, 0.2) is 5.69 Å².